The Morgan fingerprint density at radius 3 is 2.30 bits per heavy atom. The molecule has 1 N–H and O–H groups in total. The van der Waals surface area contributed by atoms with Crippen molar-refractivity contribution in [3.05, 3.63) is 21.9 Å². The van der Waals surface area contributed by atoms with Crippen molar-refractivity contribution in [2.45, 2.75) is 22.6 Å². The molecule has 3 nitrogen and oxygen atoms in total. The molecule has 112 valence electrons. The molecule has 0 amide bonds. The fourth-order valence-corrected chi connectivity index (χ4v) is 3.29. The van der Waals surface area contributed by atoms with Gasteiger partial charge < -0.3 is 9.84 Å². The van der Waals surface area contributed by atoms with Gasteiger partial charge in [-0.05, 0) is 6.07 Å². The molecule has 0 spiro atoms. The quantitative estimate of drug-likeness (QED) is 0.513. The lowest BCUT2D eigenvalue weighted by atomic mass is 9.68. The smallest absolute Gasteiger partial charge is 0.364 e. The van der Waals surface area contributed by atoms with Crippen molar-refractivity contribution < 1.29 is 36.6 Å². The normalized spacial score (nSPS) is 34.4. The molecule has 0 aliphatic heterocycles. The van der Waals surface area contributed by atoms with Crippen LogP contribution in [0.15, 0.2) is 11.4 Å². The zero-order valence-corrected chi connectivity index (χ0v) is 11.2. The van der Waals surface area contributed by atoms with E-state index in [9.17, 15) is 31.9 Å². The maximum atomic E-state index is 13.7. The van der Waals surface area contributed by atoms with Crippen LogP contribution in [0.5, 0.6) is 0 Å². The van der Waals surface area contributed by atoms with E-state index in [1.54, 1.807) is 0 Å². The number of halogens is 6. The SMILES string of the molecule is COC(=O)c1csc(C2(O)C(F)(F)C(F)(F)C2(F)Cl)c1. The lowest BCUT2D eigenvalue weighted by Crippen LogP contribution is -2.83. The highest BCUT2D eigenvalue weighted by Gasteiger charge is 2.97. The molecule has 0 saturated heterocycles. The second-order valence-electron chi connectivity index (χ2n) is 4.12. The van der Waals surface area contributed by atoms with E-state index in [0.717, 1.165) is 12.5 Å². The van der Waals surface area contributed by atoms with E-state index in [0.29, 0.717) is 17.4 Å². The van der Waals surface area contributed by atoms with Gasteiger partial charge in [-0.25, -0.2) is 9.18 Å². The molecular weight excluding hydrogens is 331 g/mol. The number of carbonyl (C=O) groups excluding carboxylic acids is 1. The van der Waals surface area contributed by atoms with Gasteiger partial charge >= 0.3 is 17.8 Å². The molecule has 10 heteroatoms. The van der Waals surface area contributed by atoms with E-state index in [4.69, 9.17) is 11.6 Å². The van der Waals surface area contributed by atoms with Crippen molar-refractivity contribution in [3.63, 3.8) is 0 Å². The van der Waals surface area contributed by atoms with Crippen molar-refractivity contribution in [2.75, 3.05) is 7.11 Å². The predicted octanol–water partition coefficient (Wildman–Crippen LogP) is 2.91. The maximum Gasteiger partial charge on any atom is 0.364 e. The number of methoxy groups -OCH3 is 1. The van der Waals surface area contributed by atoms with Gasteiger partial charge in [0.2, 0.25) is 5.60 Å². The molecule has 0 bridgehead atoms. The van der Waals surface area contributed by atoms with Gasteiger partial charge in [0.15, 0.2) is 0 Å². The first-order chi connectivity index (χ1) is 8.95. The topological polar surface area (TPSA) is 46.5 Å². The highest BCUT2D eigenvalue weighted by molar-refractivity contribution is 7.10. The summed E-state index contributed by atoms with van der Waals surface area (Å²) in [6.07, 6.45) is 0. The van der Waals surface area contributed by atoms with E-state index in [2.05, 4.69) is 4.74 Å². The molecule has 2 unspecified atom stereocenters. The summed E-state index contributed by atoms with van der Waals surface area (Å²) < 4.78 is 70.8. The van der Waals surface area contributed by atoms with E-state index in [-0.39, 0.29) is 5.56 Å². The molecule has 2 atom stereocenters. The molecule has 1 aliphatic rings. The summed E-state index contributed by atoms with van der Waals surface area (Å²) in [7, 11) is 1.00. The second kappa shape index (κ2) is 4.05. The minimum Gasteiger partial charge on any atom is -0.465 e. The third kappa shape index (κ3) is 1.40. The van der Waals surface area contributed by atoms with Crippen LogP contribution in [0, 0.1) is 0 Å². The molecule has 0 radical (unpaired) electrons. The molecule has 1 saturated carbocycles. The summed E-state index contributed by atoms with van der Waals surface area (Å²) in [6.45, 7) is 0. The third-order valence-corrected chi connectivity index (χ3v) is 4.62. The minimum atomic E-state index is -5.24. The summed E-state index contributed by atoms with van der Waals surface area (Å²) >= 11 is 5.08. The fraction of sp³-hybridized carbons (Fsp3) is 0.500. The van der Waals surface area contributed by atoms with Crippen molar-refractivity contribution in [1.29, 1.82) is 0 Å². The Hall–Kier alpha value is -0.930. The monoisotopic (exact) mass is 336 g/mol. The number of ether oxygens (including phenoxy) is 1. The maximum absolute atomic E-state index is 13.7. The lowest BCUT2D eigenvalue weighted by molar-refractivity contribution is -0.437. The Kier molecular flexibility index (Phi) is 3.13. The van der Waals surface area contributed by atoms with Gasteiger partial charge in [-0.15, -0.1) is 11.3 Å². The van der Waals surface area contributed by atoms with Crippen LogP contribution in [0.3, 0.4) is 0 Å². The standard InChI is InChI=1S/C10H6ClF5O3S/c1-19-6(17)4-2-5(20-3-4)7(18)8(11,12)10(15,16)9(7,13)14/h2-3,18H,1H3. The van der Waals surface area contributed by atoms with Crippen molar-refractivity contribution >= 4 is 28.9 Å². The summed E-state index contributed by atoms with van der Waals surface area (Å²) in [5, 5.41) is 6.23. The van der Waals surface area contributed by atoms with Crippen LogP contribution in [0.4, 0.5) is 22.0 Å². The average Bonchev–Trinajstić information content (AvgIpc) is 2.85. The number of carbonyl (C=O) groups is 1. The highest BCUT2D eigenvalue weighted by atomic mass is 35.5. The van der Waals surface area contributed by atoms with E-state index < -0.39 is 33.4 Å². The zero-order valence-electron chi connectivity index (χ0n) is 9.59. The number of esters is 1. The number of hydrogen-bond donors (Lipinski definition) is 1. The van der Waals surface area contributed by atoms with Gasteiger partial charge in [-0.1, -0.05) is 11.6 Å². The van der Waals surface area contributed by atoms with E-state index in [1.165, 1.54) is 0 Å². The second-order valence-corrected chi connectivity index (χ2v) is 5.56. The number of alkyl halides is 6. The summed E-state index contributed by atoms with van der Waals surface area (Å²) in [5.41, 5.74) is -4.22. The van der Waals surface area contributed by atoms with E-state index >= 15 is 0 Å². The molecule has 1 fully saturated rings. The predicted molar refractivity (Wildman–Crippen MR) is 59.1 cm³/mol. The zero-order chi connectivity index (χ0) is 15.6. The van der Waals surface area contributed by atoms with E-state index in [1.807, 2.05) is 0 Å². The summed E-state index contributed by atoms with van der Waals surface area (Å²) in [6, 6.07) is 0.635. The first-order valence-electron chi connectivity index (χ1n) is 4.98. The number of aliphatic hydroxyl groups is 1. The fourth-order valence-electron chi connectivity index (χ4n) is 1.85. The Morgan fingerprint density at radius 1 is 1.30 bits per heavy atom. The lowest BCUT2D eigenvalue weighted by Gasteiger charge is -2.56. The van der Waals surface area contributed by atoms with Crippen molar-refractivity contribution in [2.24, 2.45) is 0 Å². The Bertz CT molecular complexity index is 553. The Morgan fingerprint density at radius 2 is 1.85 bits per heavy atom. The molecule has 1 aromatic heterocycles. The third-order valence-electron chi connectivity index (χ3n) is 3.07. The Balaban J connectivity index is 2.51. The van der Waals surface area contributed by atoms with Crippen LogP contribution in [-0.2, 0) is 10.3 Å². The van der Waals surface area contributed by atoms with Gasteiger partial charge in [0.25, 0.3) is 5.13 Å². The van der Waals surface area contributed by atoms with Crippen LogP contribution in [0.1, 0.15) is 15.2 Å². The molecule has 1 aliphatic carbocycles. The molecule has 1 heterocycles. The average molecular weight is 337 g/mol. The van der Waals surface area contributed by atoms with Crippen LogP contribution in [0.25, 0.3) is 0 Å². The van der Waals surface area contributed by atoms with Crippen LogP contribution >= 0.6 is 22.9 Å². The number of hydrogen-bond acceptors (Lipinski definition) is 4. The summed E-state index contributed by atoms with van der Waals surface area (Å²) in [5.74, 6) is -11.3. The number of thiophene rings is 1. The largest absolute Gasteiger partial charge is 0.465 e. The van der Waals surface area contributed by atoms with Gasteiger partial charge in [0.1, 0.15) is 0 Å². The van der Waals surface area contributed by atoms with Gasteiger partial charge in [0, 0.05) is 10.3 Å². The first kappa shape index (κ1) is 15.5. The van der Waals surface area contributed by atoms with Gasteiger partial charge in [0.05, 0.1) is 12.7 Å². The number of rotatable bonds is 2. The molecule has 20 heavy (non-hydrogen) atoms. The van der Waals surface area contributed by atoms with Crippen LogP contribution in [0.2, 0.25) is 0 Å². The first-order valence-corrected chi connectivity index (χ1v) is 6.24. The molecule has 0 aromatic carbocycles. The Labute approximate surface area is 117 Å². The molecule has 1 aromatic rings. The minimum absolute atomic E-state index is 0.292. The highest BCUT2D eigenvalue weighted by Crippen LogP contribution is 2.72. The molecular formula is C10H6ClF5O3S. The van der Waals surface area contributed by atoms with Crippen molar-refractivity contribution in [3.8, 4) is 0 Å². The summed E-state index contributed by atoms with van der Waals surface area (Å²) in [4.78, 5) is 10.3. The van der Waals surface area contributed by atoms with Gasteiger partial charge in [-0.2, -0.15) is 17.6 Å². The van der Waals surface area contributed by atoms with Crippen LogP contribution in [-0.4, -0.2) is 35.2 Å². The van der Waals surface area contributed by atoms with Crippen molar-refractivity contribution in [1.82, 2.24) is 0 Å². The van der Waals surface area contributed by atoms with Gasteiger partial charge in [-0.3, -0.25) is 0 Å². The van der Waals surface area contributed by atoms with Crippen LogP contribution < -0.4 is 0 Å². The molecule has 2 rings (SSSR count).